The minimum Gasteiger partial charge on any atom is -0.488 e. The Morgan fingerprint density at radius 1 is 1.03 bits per heavy atom. The van der Waals surface area contributed by atoms with Crippen molar-refractivity contribution in [1.29, 1.82) is 0 Å². The molecule has 4 rings (SSSR count). The van der Waals surface area contributed by atoms with Crippen LogP contribution in [0.15, 0.2) is 53.1 Å². The van der Waals surface area contributed by atoms with Gasteiger partial charge in [-0.25, -0.2) is 0 Å². The van der Waals surface area contributed by atoms with Crippen molar-refractivity contribution < 1.29 is 31.9 Å². The van der Waals surface area contributed by atoms with Crippen LogP contribution in [0.4, 0.5) is 13.2 Å². The number of likely N-dealkylation sites (tertiary alicyclic amines) is 1. The van der Waals surface area contributed by atoms with E-state index >= 15 is 0 Å². The van der Waals surface area contributed by atoms with Crippen LogP contribution < -0.4 is 9.47 Å². The first-order valence-corrected chi connectivity index (χ1v) is 9.53. The number of ether oxygens (including phenoxy) is 3. The van der Waals surface area contributed by atoms with Gasteiger partial charge < -0.3 is 18.7 Å². The Hall–Kier alpha value is -3.11. The lowest BCUT2D eigenvalue weighted by atomic mass is 10.1. The van der Waals surface area contributed by atoms with Crippen molar-refractivity contribution in [2.24, 2.45) is 0 Å². The number of nitrogens with zero attached hydrogens (tertiary/aromatic N) is 3. The van der Waals surface area contributed by atoms with Gasteiger partial charge >= 0.3 is 6.36 Å². The van der Waals surface area contributed by atoms with Crippen molar-refractivity contribution in [3.05, 3.63) is 60.0 Å². The maximum absolute atomic E-state index is 12.2. The summed E-state index contributed by atoms with van der Waals surface area (Å²) >= 11 is 0. The molecule has 0 saturated carbocycles. The Morgan fingerprint density at radius 3 is 2.35 bits per heavy atom. The van der Waals surface area contributed by atoms with Gasteiger partial charge in [-0.05, 0) is 42.0 Å². The van der Waals surface area contributed by atoms with Crippen molar-refractivity contribution in [3.8, 4) is 22.9 Å². The van der Waals surface area contributed by atoms with Crippen molar-refractivity contribution in [3.63, 3.8) is 0 Å². The van der Waals surface area contributed by atoms with Crippen molar-refractivity contribution in [2.45, 2.75) is 25.6 Å². The zero-order chi connectivity index (χ0) is 21.8. The van der Waals surface area contributed by atoms with Gasteiger partial charge in [0.15, 0.2) is 0 Å². The number of hydrogen-bond donors (Lipinski definition) is 0. The fourth-order valence-electron chi connectivity index (χ4n) is 3.21. The van der Waals surface area contributed by atoms with E-state index in [1.165, 1.54) is 12.1 Å². The fraction of sp³-hybridized carbons (Fsp3) is 0.333. The minimum absolute atomic E-state index is 0.0529. The predicted octanol–water partition coefficient (Wildman–Crippen LogP) is 4.04. The Morgan fingerprint density at radius 2 is 1.71 bits per heavy atom. The van der Waals surface area contributed by atoms with Crippen LogP contribution in [0.3, 0.4) is 0 Å². The molecular weight excluding hydrogens is 415 g/mol. The quantitative estimate of drug-likeness (QED) is 0.529. The van der Waals surface area contributed by atoms with Gasteiger partial charge in [-0.2, -0.15) is 4.98 Å². The fourth-order valence-corrected chi connectivity index (χ4v) is 3.21. The highest BCUT2D eigenvalue weighted by molar-refractivity contribution is 5.55. The SMILES string of the molecule is COCc1nc(-c2ccc(OC3CN(Cc4ccc(OC(F)(F)F)cc4)C3)cc2)no1. The molecule has 31 heavy (non-hydrogen) atoms. The molecule has 3 aromatic rings. The number of hydrogen-bond acceptors (Lipinski definition) is 7. The molecule has 10 heteroatoms. The molecule has 0 aliphatic carbocycles. The summed E-state index contributed by atoms with van der Waals surface area (Å²) in [6.45, 7) is 2.35. The van der Waals surface area contributed by atoms with E-state index in [0.717, 1.165) is 30.0 Å². The van der Waals surface area contributed by atoms with E-state index in [2.05, 4.69) is 19.8 Å². The number of rotatable bonds is 8. The van der Waals surface area contributed by atoms with Crippen LogP contribution in [0.25, 0.3) is 11.4 Å². The molecule has 0 amide bonds. The highest BCUT2D eigenvalue weighted by Crippen LogP contribution is 2.25. The first kappa shape index (κ1) is 21.1. The molecule has 0 unspecified atom stereocenters. The van der Waals surface area contributed by atoms with Crippen molar-refractivity contribution >= 4 is 0 Å². The lowest BCUT2D eigenvalue weighted by Crippen LogP contribution is -2.53. The highest BCUT2D eigenvalue weighted by atomic mass is 19.4. The van der Waals surface area contributed by atoms with Crippen LogP contribution in [0.5, 0.6) is 11.5 Å². The molecule has 2 heterocycles. The zero-order valence-corrected chi connectivity index (χ0v) is 16.6. The summed E-state index contributed by atoms with van der Waals surface area (Å²) in [6.07, 6.45) is -4.63. The van der Waals surface area contributed by atoms with E-state index in [9.17, 15) is 13.2 Å². The van der Waals surface area contributed by atoms with E-state index in [1.807, 2.05) is 24.3 Å². The summed E-state index contributed by atoms with van der Waals surface area (Å²) in [7, 11) is 1.56. The van der Waals surface area contributed by atoms with Crippen molar-refractivity contribution in [1.82, 2.24) is 15.0 Å². The summed E-state index contributed by atoms with van der Waals surface area (Å²) < 4.78 is 56.5. The summed E-state index contributed by atoms with van der Waals surface area (Å²) in [4.78, 5) is 6.40. The van der Waals surface area contributed by atoms with Crippen LogP contribution in [-0.4, -0.2) is 47.7 Å². The van der Waals surface area contributed by atoms with Gasteiger partial charge in [-0.3, -0.25) is 4.90 Å². The average Bonchev–Trinajstić information content (AvgIpc) is 3.16. The van der Waals surface area contributed by atoms with E-state index in [-0.39, 0.29) is 18.5 Å². The molecule has 0 atom stereocenters. The Kier molecular flexibility index (Phi) is 6.10. The van der Waals surface area contributed by atoms with Gasteiger partial charge in [0.2, 0.25) is 5.82 Å². The average molecular weight is 435 g/mol. The van der Waals surface area contributed by atoms with Crippen LogP contribution in [-0.2, 0) is 17.9 Å². The molecule has 164 valence electrons. The summed E-state index contributed by atoms with van der Waals surface area (Å²) in [5.74, 6) is 1.41. The normalized spacial score (nSPS) is 15.0. The number of aromatic nitrogens is 2. The zero-order valence-electron chi connectivity index (χ0n) is 16.6. The number of methoxy groups -OCH3 is 1. The van der Waals surface area contributed by atoms with Crippen LogP contribution in [0, 0.1) is 0 Å². The first-order valence-electron chi connectivity index (χ1n) is 9.53. The molecular formula is C21H20F3N3O4. The van der Waals surface area contributed by atoms with Gasteiger partial charge in [-0.15, -0.1) is 13.2 Å². The molecule has 0 spiro atoms. The predicted molar refractivity (Wildman–Crippen MR) is 103 cm³/mol. The Labute approximate surface area is 176 Å². The second-order valence-corrected chi connectivity index (χ2v) is 7.09. The van der Waals surface area contributed by atoms with Gasteiger partial charge in [0.1, 0.15) is 24.2 Å². The molecule has 2 aromatic carbocycles. The monoisotopic (exact) mass is 435 g/mol. The van der Waals surface area contributed by atoms with Crippen molar-refractivity contribution in [2.75, 3.05) is 20.2 Å². The number of benzene rings is 2. The van der Waals surface area contributed by atoms with Crippen LogP contribution >= 0.6 is 0 Å². The van der Waals surface area contributed by atoms with Gasteiger partial charge in [-0.1, -0.05) is 17.3 Å². The molecule has 1 aliphatic rings. The third-order valence-corrected chi connectivity index (χ3v) is 4.64. The molecule has 0 bridgehead atoms. The maximum atomic E-state index is 12.2. The molecule has 7 nitrogen and oxygen atoms in total. The number of alkyl halides is 3. The lowest BCUT2D eigenvalue weighted by Gasteiger charge is -2.39. The van der Waals surface area contributed by atoms with Gasteiger partial charge in [0.25, 0.3) is 5.89 Å². The second kappa shape index (κ2) is 8.94. The van der Waals surface area contributed by atoms with Gasteiger partial charge in [0, 0.05) is 32.3 Å². The third-order valence-electron chi connectivity index (χ3n) is 4.64. The smallest absolute Gasteiger partial charge is 0.488 e. The summed E-state index contributed by atoms with van der Waals surface area (Å²) in [5.41, 5.74) is 1.72. The van der Waals surface area contributed by atoms with Crippen LogP contribution in [0.2, 0.25) is 0 Å². The lowest BCUT2D eigenvalue weighted by molar-refractivity contribution is -0.274. The maximum Gasteiger partial charge on any atom is 0.573 e. The second-order valence-electron chi connectivity index (χ2n) is 7.09. The van der Waals surface area contributed by atoms with Gasteiger partial charge in [0.05, 0.1) is 0 Å². The topological polar surface area (TPSA) is 69.9 Å². The molecule has 1 aliphatic heterocycles. The molecule has 1 saturated heterocycles. The largest absolute Gasteiger partial charge is 0.573 e. The summed E-state index contributed by atoms with van der Waals surface area (Å²) in [6, 6.07) is 13.3. The van der Waals surface area contributed by atoms with E-state index in [4.69, 9.17) is 14.0 Å². The molecule has 0 radical (unpaired) electrons. The van der Waals surface area contributed by atoms with E-state index in [0.29, 0.717) is 18.3 Å². The standard InChI is InChI=1S/C21H20F3N3O4/c1-28-13-19-25-20(26-31-19)15-4-8-16(9-5-15)29-18-11-27(12-18)10-14-2-6-17(7-3-14)30-21(22,23)24/h2-9,18H,10-13H2,1H3. The Balaban J connectivity index is 1.23. The highest BCUT2D eigenvalue weighted by Gasteiger charge is 2.31. The van der Waals surface area contributed by atoms with Crippen LogP contribution in [0.1, 0.15) is 11.5 Å². The molecule has 0 N–H and O–H groups in total. The summed E-state index contributed by atoms with van der Waals surface area (Å²) in [5, 5.41) is 3.92. The molecule has 1 aromatic heterocycles. The minimum atomic E-state index is -4.68. The van der Waals surface area contributed by atoms with E-state index < -0.39 is 6.36 Å². The third kappa shape index (κ3) is 5.74. The number of halogens is 3. The van der Waals surface area contributed by atoms with E-state index in [1.54, 1.807) is 19.2 Å². The Bertz CT molecular complexity index is 984. The molecule has 1 fully saturated rings. The first-order chi connectivity index (χ1) is 14.9.